The molecule has 1 aromatic rings. The Bertz CT molecular complexity index is 412. The zero-order valence-electron chi connectivity index (χ0n) is 13.5. The number of likely N-dealkylation sites (N-methyl/N-ethyl adjacent to an activating group) is 1. The minimum atomic E-state index is 0.217. The average molecular weight is 274 g/mol. The van der Waals surface area contributed by atoms with E-state index in [4.69, 9.17) is 5.73 Å². The molecule has 0 bridgehead atoms. The molecule has 1 unspecified atom stereocenters. The van der Waals surface area contributed by atoms with Gasteiger partial charge in [-0.1, -0.05) is 51.5 Å². The van der Waals surface area contributed by atoms with Crippen LogP contribution in [0.1, 0.15) is 57.2 Å². The third kappa shape index (κ3) is 3.62. The maximum absolute atomic E-state index is 6.02. The molecular weight excluding hydrogens is 244 g/mol. The molecule has 2 heteroatoms. The van der Waals surface area contributed by atoms with Crippen molar-refractivity contribution in [3.05, 3.63) is 35.4 Å². The Hall–Kier alpha value is -0.860. The van der Waals surface area contributed by atoms with Crippen molar-refractivity contribution >= 4 is 0 Å². The minimum Gasteiger partial charge on any atom is -0.329 e. The van der Waals surface area contributed by atoms with E-state index in [2.05, 4.69) is 57.0 Å². The van der Waals surface area contributed by atoms with Crippen LogP contribution >= 0.6 is 0 Å². The van der Waals surface area contributed by atoms with Crippen LogP contribution in [0.25, 0.3) is 0 Å². The second-order valence-corrected chi connectivity index (χ2v) is 7.36. The van der Waals surface area contributed by atoms with Crippen LogP contribution in [0, 0.1) is 5.92 Å². The number of rotatable bonds is 5. The molecule has 0 radical (unpaired) electrons. The molecular formula is C18H30N2. The number of hydrogen-bond donors (Lipinski definition) is 1. The highest BCUT2D eigenvalue weighted by Gasteiger charge is 2.23. The van der Waals surface area contributed by atoms with Gasteiger partial charge in [-0.3, -0.25) is 4.90 Å². The molecule has 0 aromatic heterocycles. The van der Waals surface area contributed by atoms with Crippen molar-refractivity contribution in [1.82, 2.24) is 4.90 Å². The van der Waals surface area contributed by atoms with E-state index >= 15 is 0 Å². The lowest BCUT2D eigenvalue weighted by Crippen LogP contribution is -2.36. The van der Waals surface area contributed by atoms with Gasteiger partial charge in [-0.25, -0.2) is 0 Å². The predicted octanol–water partition coefficient (Wildman–Crippen LogP) is 3.72. The van der Waals surface area contributed by atoms with Gasteiger partial charge in [-0.15, -0.1) is 0 Å². The molecule has 0 spiro atoms. The van der Waals surface area contributed by atoms with Gasteiger partial charge in [-0.05, 0) is 42.3 Å². The van der Waals surface area contributed by atoms with Gasteiger partial charge >= 0.3 is 0 Å². The molecule has 20 heavy (non-hydrogen) atoms. The monoisotopic (exact) mass is 274 g/mol. The summed E-state index contributed by atoms with van der Waals surface area (Å²) in [5.74, 6) is 0.892. The molecule has 1 aromatic carbocycles. The van der Waals surface area contributed by atoms with Crippen LogP contribution in [0.4, 0.5) is 0 Å². The van der Waals surface area contributed by atoms with Crippen molar-refractivity contribution in [2.75, 3.05) is 20.1 Å². The van der Waals surface area contributed by atoms with Gasteiger partial charge in [0.2, 0.25) is 0 Å². The largest absolute Gasteiger partial charge is 0.329 e. The van der Waals surface area contributed by atoms with Gasteiger partial charge in [0.25, 0.3) is 0 Å². The molecule has 0 saturated heterocycles. The summed E-state index contributed by atoms with van der Waals surface area (Å²) in [7, 11) is 2.22. The fourth-order valence-electron chi connectivity index (χ4n) is 2.99. The number of benzene rings is 1. The van der Waals surface area contributed by atoms with Crippen molar-refractivity contribution in [2.24, 2.45) is 11.7 Å². The topological polar surface area (TPSA) is 29.3 Å². The third-order valence-electron chi connectivity index (χ3n) is 4.69. The average Bonchev–Trinajstić information content (AvgIpc) is 2.34. The summed E-state index contributed by atoms with van der Waals surface area (Å²) in [6, 6.07) is 9.39. The van der Waals surface area contributed by atoms with E-state index in [9.17, 15) is 0 Å². The third-order valence-corrected chi connectivity index (χ3v) is 4.69. The SMILES string of the molecule is CN(CC1CCC1)C(CN)c1ccc(C(C)(C)C)cc1. The quantitative estimate of drug-likeness (QED) is 0.886. The van der Waals surface area contributed by atoms with E-state index in [0.717, 1.165) is 5.92 Å². The number of hydrogen-bond acceptors (Lipinski definition) is 2. The van der Waals surface area contributed by atoms with Gasteiger partial charge in [0.05, 0.1) is 0 Å². The zero-order chi connectivity index (χ0) is 14.8. The second-order valence-electron chi connectivity index (χ2n) is 7.36. The first-order valence-corrected chi connectivity index (χ1v) is 7.92. The Balaban J connectivity index is 2.06. The van der Waals surface area contributed by atoms with Crippen LogP contribution in [-0.4, -0.2) is 25.0 Å². The highest BCUT2D eigenvalue weighted by Crippen LogP contribution is 2.30. The Morgan fingerprint density at radius 3 is 2.20 bits per heavy atom. The summed E-state index contributed by atoms with van der Waals surface area (Å²) in [6.45, 7) is 8.64. The van der Waals surface area contributed by atoms with E-state index in [1.54, 1.807) is 0 Å². The summed E-state index contributed by atoms with van der Waals surface area (Å²) in [5, 5.41) is 0. The van der Waals surface area contributed by atoms with Crippen LogP contribution in [0.15, 0.2) is 24.3 Å². The molecule has 1 atom stereocenters. The molecule has 1 saturated carbocycles. The predicted molar refractivity (Wildman–Crippen MR) is 86.9 cm³/mol. The summed E-state index contributed by atoms with van der Waals surface area (Å²) in [5.41, 5.74) is 8.98. The van der Waals surface area contributed by atoms with Gasteiger partial charge in [-0.2, -0.15) is 0 Å². The van der Waals surface area contributed by atoms with Crippen LogP contribution in [0.5, 0.6) is 0 Å². The van der Waals surface area contributed by atoms with Gasteiger partial charge < -0.3 is 5.73 Å². The van der Waals surface area contributed by atoms with Crippen molar-refractivity contribution in [2.45, 2.75) is 51.5 Å². The summed E-state index contributed by atoms with van der Waals surface area (Å²) < 4.78 is 0. The van der Waals surface area contributed by atoms with Crippen LogP contribution < -0.4 is 5.73 Å². The maximum Gasteiger partial charge on any atom is 0.0467 e. The Morgan fingerprint density at radius 2 is 1.80 bits per heavy atom. The smallest absolute Gasteiger partial charge is 0.0467 e. The fraction of sp³-hybridized carbons (Fsp3) is 0.667. The molecule has 1 aliphatic rings. The molecule has 2 nitrogen and oxygen atoms in total. The highest BCUT2D eigenvalue weighted by molar-refractivity contribution is 5.29. The van der Waals surface area contributed by atoms with Crippen LogP contribution in [0.2, 0.25) is 0 Å². The van der Waals surface area contributed by atoms with E-state index in [1.165, 1.54) is 36.9 Å². The maximum atomic E-state index is 6.02. The first-order valence-electron chi connectivity index (χ1n) is 7.92. The summed E-state index contributed by atoms with van der Waals surface area (Å²) >= 11 is 0. The molecule has 1 fully saturated rings. The normalized spacial score (nSPS) is 18.1. The van der Waals surface area contributed by atoms with Crippen LogP contribution in [0.3, 0.4) is 0 Å². The standard InChI is InChI=1S/C18H30N2/c1-18(2,3)16-10-8-15(9-11-16)17(12-19)20(4)13-14-6-5-7-14/h8-11,14,17H,5-7,12-13,19H2,1-4H3. The van der Waals surface area contributed by atoms with Gasteiger partial charge in [0, 0.05) is 19.1 Å². The molecule has 0 amide bonds. The lowest BCUT2D eigenvalue weighted by atomic mass is 9.84. The lowest BCUT2D eigenvalue weighted by Gasteiger charge is -2.34. The Morgan fingerprint density at radius 1 is 1.20 bits per heavy atom. The van der Waals surface area contributed by atoms with E-state index in [0.29, 0.717) is 12.6 Å². The molecule has 1 aliphatic carbocycles. The van der Waals surface area contributed by atoms with Gasteiger partial charge in [0.1, 0.15) is 0 Å². The van der Waals surface area contributed by atoms with Crippen molar-refractivity contribution in [1.29, 1.82) is 0 Å². The summed E-state index contributed by atoms with van der Waals surface area (Å²) in [6.07, 6.45) is 4.20. The van der Waals surface area contributed by atoms with Crippen molar-refractivity contribution in [3.63, 3.8) is 0 Å². The van der Waals surface area contributed by atoms with E-state index in [1.807, 2.05) is 0 Å². The van der Waals surface area contributed by atoms with Crippen LogP contribution in [-0.2, 0) is 5.41 Å². The van der Waals surface area contributed by atoms with Crippen molar-refractivity contribution in [3.8, 4) is 0 Å². The zero-order valence-corrected chi connectivity index (χ0v) is 13.5. The number of nitrogens with two attached hydrogens (primary N) is 1. The Kier molecular flexibility index (Phi) is 4.87. The molecule has 2 N–H and O–H groups in total. The molecule has 0 aliphatic heterocycles. The molecule has 112 valence electrons. The fourth-order valence-corrected chi connectivity index (χ4v) is 2.99. The van der Waals surface area contributed by atoms with E-state index in [-0.39, 0.29) is 5.41 Å². The van der Waals surface area contributed by atoms with E-state index < -0.39 is 0 Å². The summed E-state index contributed by atoms with van der Waals surface area (Å²) in [4.78, 5) is 2.44. The first-order chi connectivity index (χ1) is 9.41. The molecule has 0 heterocycles. The lowest BCUT2D eigenvalue weighted by molar-refractivity contribution is 0.165. The number of nitrogens with zero attached hydrogens (tertiary/aromatic N) is 1. The second kappa shape index (κ2) is 6.28. The van der Waals surface area contributed by atoms with Gasteiger partial charge in [0.15, 0.2) is 0 Å². The molecule has 2 rings (SSSR count). The van der Waals surface area contributed by atoms with Crippen molar-refractivity contribution < 1.29 is 0 Å². The highest BCUT2D eigenvalue weighted by atomic mass is 15.1. The first kappa shape index (κ1) is 15.5. The Labute approximate surface area is 124 Å². The minimum absolute atomic E-state index is 0.217.